The van der Waals surface area contributed by atoms with Crippen molar-refractivity contribution in [3.8, 4) is 0 Å². The number of hydrogen-bond acceptors (Lipinski definition) is 2. The fourth-order valence-electron chi connectivity index (χ4n) is 1.47. The van der Waals surface area contributed by atoms with E-state index in [-0.39, 0.29) is 18.1 Å². The predicted molar refractivity (Wildman–Crippen MR) is 55.5 cm³/mol. The van der Waals surface area contributed by atoms with Gasteiger partial charge in [0.25, 0.3) is 0 Å². The van der Waals surface area contributed by atoms with Crippen LogP contribution in [0.15, 0.2) is 0 Å². The zero-order valence-corrected chi connectivity index (χ0v) is 9.58. The summed E-state index contributed by atoms with van der Waals surface area (Å²) in [5.41, 5.74) is 0. The van der Waals surface area contributed by atoms with Gasteiger partial charge in [0, 0.05) is 13.1 Å². The summed E-state index contributed by atoms with van der Waals surface area (Å²) in [6, 6.07) is 0. The molecule has 1 aliphatic heterocycles. The predicted octanol–water partition coefficient (Wildman–Crippen LogP) is 1.06. The highest BCUT2D eigenvalue weighted by Crippen LogP contribution is 2.11. The number of halogens is 1. The highest BCUT2D eigenvalue weighted by molar-refractivity contribution is 14.1. The Morgan fingerprint density at radius 3 is 2.42 bits per heavy atom. The van der Waals surface area contributed by atoms with Crippen molar-refractivity contribution >= 4 is 28.5 Å². The van der Waals surface area contributed by atoms with Crippen molar-refractivity contribution in [1.82, 2.24) is 4.90 Å². The van der Waals surface area contributed by atoms with Gasteiger partial charge < -0.3 is 9.64 Å². The first-order valence-electron chi connectivity index (χ1n) is 4.12. The van der Waals surface area contributed by atoms with E-state index in [0.29, 0.717) is 4.43 Å². The van der Waals surface area contributed by atoms with Gasteiger partial charge in [-0.3, -0.25) is 4.79 Å². The minimum atomic E-state index is 0.181. The lowest BCUT2D eigenvalue weighted by atomic mass is 10.2. The van der Waals surface area contributed by atoms with Crippen molar-refractivity contribution in [2.24, 2.45) is 0 Å². The van der Waals surface area contributed by atoms with E-state index in [0.717, 1.165) is 13.1 Å². The van der Waals surface area contributed by atoms with Crippen molar-refractivity contribution in [2.75, 3.05) is 17.5 Å². The summed E-state index contributed by atoms with van der Waals surface area (Å²) in [7, 11) is 0. The average Bonchev–Trinajstić information content (AvgIpc) is 2.01. The van der Waals surface area contributed by atoms with Crippen molar-refractivity contribution < 1.29 is 9.53 Å². The summed E-state index contributed by atoms with van der Waals surface area (Å²) in [4.78, 5) is 13.2. The van der Waals surface area contributed by atoms with Gasteiger partial charge in [-0.15, -0.1) is 0 Å². The molecule has 0 spiro atoms. The molecule has 0 saturated carbocycles. The topological polar surface area (TPSA) is 29.5 Å². The molecule has 1 fully saturated rings. The van der Waals surface area contributed by atoms with Gasteiger partial charge in [0.15, 0.2) is 0 Å². The van der Waals surface area contributed by atoms with Gasteiger partial charge in [0.2, 0.25) is 5.91 Å². The second kappa shape index (κ2) is 4.41. The van der Waals surface area contributed by atoms with Crippen LogP contribution in [-0.4, -0.2) is 40.5 Å². The van der Waals surface area contributed by atoms with Crippen molar-refractivity contribution in [3.63, 3.8) is 0 Å². The molecule has 0 aromatic carbocycles. The SMILES string of the molecule is C[C@@H]1CN(C(=O)CI)C[C@H](C)O1. The molecule has 1 saturated heterocycles. The molecule has 0 bridgehead atoms. The molecule has 3 nitrogen and oxygen atoms in total. The molecule has 70 valence electrons. The fourth-order valence-corrected chi connectivity index (χ4v) is 1.95. The zero-order chi connectivity index (χ0) is 9.14. The van der Waals surface area contributed by atoms with Gasteiger partial charge in [-0.1, -0.05) is 22.6 Å². The van der Waals surface area contributed by atoms with E-state index in [2.05, 4.69) is 22.6 Å². The molecule has 0 aromatic heterocycles. The summed E-state index contributed by atoms with van der Waals surface area (Å²) in [5.74, 6) is 0.220. The smallest absolute Gasteiger partial charge is 0.232 e. The third kappa shape index (κ3) is 2.58. The molecule has 0 aromatic rings. The van der Waals surface area contributed by atoms with E-state index in [4.69, 9.17) is 4.74 Å². The Balaban J connectivity index is 2.49. The minimum Gasteiger partial charge on any atom is -0.372 e. The van der Waals surface area contributed by atoms with E-state index >= 15 is 0 Å². The van der Waals surface area contributed by atoms with Gasteiger partial charge in [-0.2, -0.15) is 0 Å². The van der Waals surface area contributed by atoms with Crippen molar-refractivity contribution in [2.45, 2.75) is 26.1 Å². The molecule has 2 atom stereocenters. The van der Waals surface area contributed by atoms with Crippen LogP contribution in [-0.2, 0) is 9.53 Å². The lowest BCUT2D eigenvalue weighted by Gasteiger charge is -2.35. The highest BCUT2D eigenvalue weighted by atomic mass is 127. The second-order valence-corrected chi connectivity index (χ2v) is 3.95. The highest BCUT2D eigenvalue weighted by Gasteiger charge is 2.24. The molecular formula is C8H14INO2. The van der Waals surface area contributed by atoms with E-state index < -0.39 is 0 Å². The standard InChI is InChI=1S/C8H14INO2/c1-6-4-10(8(11)3-9)5-7(2)12-6/h6-7H,3-5H2,1-2H3/t6-,7+. The van der Waals surface area contributed by atoms with Crippen molar-refractivity contribution in [1.29, 1.82) is 0 Å². The van der Waals surface area contributed by atoms with Crippen LogP contribution in [0.2, 0.25) is 0 Å². The summed E-state index contributed by atoms with van der Waals surface area (Å²) in [6.07, 6.45) is 0.362. The van der Waals surface area contributed by atoms with E-state index in [1.807, 2.05) is 18.7 Å². The van der Waals surface area contributed by atoms with Gasteiger partial charge >= 0.3 is 0 Å². The normalized spacial score (nSPS) is 30.4. The van der Waals surface area contributed by atoms with E-state index in [9.17, 15) is 4.79 Å². The lowest BCUT2D eigenvalue weighted by Crippen LogP contribution is -2.48. The molecule has 1 heterocycles. The third-order valence-corrected chi connectivity index (χ3v) is 2.54. The average molecular weight is 283 g/mol. The number of hydrogen-bond donors (Lipinski definition) is 0. The summed E-state index contributed by atoms with van der Waals surface area (Å²) in [5, 5.41) is 0. The number of carbonyl (C=O) groups excluding carboxylic acids is 1. The van der Waals surface area contributed by atoms with E-state index in [1.54, 1.807) is 0 Å². The summed E-state index contributed by atoms with van der Waals surface area (Å²) >= 11 is 2.10. The van der Waals surface area contributed by atoms with Gasteiger partial charge in [-0.25, -0.2) is 0 Å². The van der Waals surface area contributed by atoms with Crippen LogP contribution >= 0.6 is 22.6 Å². The molecule has 0 unspecified atom stereocenters. The molecule has 0 radical (unpaired) electrons. The quantitative estimate of drug-likeness (QED) is 0.532. The minimum absolute atomic E-state index is 0.181. The van der Waals surface area contributed by atoms with Crippen LogP contribution in [0.5, 0.6) is 0 Å². The Labute approximate surface area is 86.6 Å². The number of alkyl halides is 1. The summed E-state index contributed by atoms with van der Waals surface area (Å²) in [6.45, 7) is 5.49. The first kappa shape index (κ1) is 10.2. The molecule has 1 rings (SSSR count). The number of nitrogens with zero attached hydrogens (tertiary/aromatic N) is 1. The van der Waals surface area contributed by atoms with E-state index in [1.165, 1.54) is 0 Å². The second-order valence-electron chi connectivity index (χ2n) is 3.19. The molecule has 1 aliphatic rings. The third-order valence-electron chi connectivity index (χ3n) is 1.89. The first-order chi connectivity index (χ1) is 5.63. The van der Waals surface area contributed by atoms with Crippen LogP contribution in [0.25, 0.3) is 0 Å². The Morgan fingerprint density at radius 1 is 1.50 bits per heavy atom. The lowest BCUT2D eigenvalue weighted by molar-refractivity contribution is -0.140. The number of ether oxygens (including phenoxy) is 1. The molecule has 1 amide bonds. The Bertz CT molecular complexity index is 164. The Hall–Kier alpha value is 0.160. The number of amides is 1. The largest absolute Gasteiger partial charge is 0.372 e. The van der Waals surface area contributed by atoms with Gasteiger partial charge in [0.05, 0.1) is 16.6 Å². The number of morpholine rings is 1. The molecule has 0 aliphatic carbocycles. The molecule has 4 heteroatoms. The van der Waals surface area contributed by atoms with Crippen LogP contribution < -0.4 is 0 Å². The summed E-state index contributed by atoms with van der Waals surface area (Å²) < 4.78 is 6.08. The van der Waals surface area contributed by atoms with Crippen molar-refractivity contribution in [3.05, 3.63) is 0 Å². The maximum Gasteiger partial charge on any atom is 0.232 e. The zero-order valence-electron chi connectivity index (χ0n) is 7.42. The fraction of sp³-hybridized carbons (Fsp3) is 0.875. The van der Waals surface area contributed by atoms with Crippen LogP contribution in [0.3, 0.4) is 0 Å². The Morgan fingerprint density at radius 2 is 2.00 bits per heavy atom. The maximum absolute atomic E-state index is 11.3. The molecule has 0 N–H and O–H groups in total. The Kier molecular flexibility index (Phi) is 3.77. The van der Waals surface area contributed by atoms with Crippen LogP contribution in [0.1, 0.15) is 13.8 Å². The maximum atomic E-state index is 11.3. The van der Waals surface area contributed by atoms with Gasteiger partial charge in [0.1, 0.15) is 0 Å². The monoisotopic (exact) mass is 283 g/mol. The number of rotatable bonds is 1. The van der Waals surface area contributed by atoms with Crippen LogP contribution in [0, 0.1) is 0 Å². The molecule has 12 heavy (non-hydrogen) atoms. The molecular weight excluding hydrogens is 269 g/mol. The number of carbonyl (C=O) groups is 1. The van der Waals surface area contributed by atoms with Crippen LogP contribution in [0.4, 0.5) is 0 Å². The first-order valence-corrected chi connectivity index (χ1v) is 5.65. The van der Waals surface area contributed by atoms with Gasteiger partial charge in [-0.05, 0) is 13.8 Å².